The number of rotatable bonds is 0. The number of hydrogen-bond acceptors (Lipinski definition) is 0. The van der Waals surface area contributed by atoms with E-state index in [9.17, 15) is 0 Å². The van der Waals surface area contributed by atoms with Crippen LogP contribution in [0.1, 0.15) is 38.5 Å². The zero-order valence-electron chi connectivity index (χ0n) is 6.79. The van der Waals surface area contributed by atoms with Crippen molar-refractivity contribution in [3.63, 3.8) is 0 Å². The fourth-order valence-corrected chi connectivity index (χ4v) is 3.68. The van der Waals surface area contributed by atoms with Crippen LogP contribution in [-0.2, 0) is 21.1 Å². The van der Waals surface area contributed by atoms with Crippen molar-refractivity contribution >= 4 is 0 Å². The molecule has 0 radical (unpaired) electrons. The Kier molecular flexibility index (Phi) is 2.17. The predicted molar refractivity (Wildman–Crippen MR) is 41.4 cm³/mol. The number of hydrogen-bond donors (Lipinski definition) is 0. The average molecular weight is 330 g/mol. The van der Waals surface area contributed by atoms with E-state index in [1.165, 1.54) is 19.3 Å². The summed E-state index contributed by atoms with van der Waals surface area (Å²) in [7, 11) is 0. The molecule has 4 aliphatic carbocycles. The van der Waals surface area contributed by atoms with Gasteiger partial charge in [0, 0.05) is 21.1 Å². The van der Waals surface area contributed by atoms with Crippen molar-refractivity contribution < 1.29 is 21.1 Å². The Labute approximate surface area is 83.4 Å². The van der Waals surface area contributed by atoms with Gasteiger partial charge in [0.2, 0.25) is 0 Å². The Morgan fingerprint density at radius 2 is 1.09 bits per heavy atom. The van der Waals surface area contributed by atoms with Crippen LogP contribution in [0.25, 0.3) is 0 Å². The second kappa shape index (κ2) is 2.87. The first-order chi connectivity index (χ1) is 4.90. The van der Waals surface area contributed by atoms with Crippen molar-refractivity contribution in [1.29, 1.82) is 0 Å². The molecule has 4 fully saturated rings. The van der Waals surface area contributed by atoms with Crippen molar-refractivity contribution in [1.82, 2.24) is 0 Å². The molecule has 0 spiro atoms. The summed E-state index contributed by atoms with van der Waals surface area (Å²) in [6, 6.07) is 0. The van der Waals surface area contributed by atoms with Crippen LogP contribution in [0.4, 0.5) is 0 Å². The summed E-state index contributed by atoms with van der Waals surface area (Å²) in [6.45, 7) is 0. The van der Waals surface area contributed by atoms with Crippen molar-refractivity contribution in [3.05, 3.63) is 5.92 Å². The van der Waals surface area contributed by atoms with Gasteiger partial charge in [0.25, 0.3) is 0 Å². The predicted octanol–water partition coefficient (Wildman–Crippen LogP) is 2.79. The zero-order chi connectivity index (χ0) is 6.55. The summed E-state index contributed by atoms with van der Waals surface area (Å²) >= 11 is 0. The molecule has 0 aliphatic heterocycles. The first-order valence-electron chi connectivity index (χ1n) is 4.73. The molecule has 11 heavy (non-hydrogen) atoms. The Balaban J connectivity index is 0.000000480. The van der Waals surface area contributed by atoms with E-state index in [0.717, 1.165) is 17.8 Å². The van der Waals surface area contributed by atoms with Crippen molar-refractivity contribution in [3.8, 4) is 0 Å². The first kappa shape index (κ1) is 8.29. The summed E-state index contributed by atoms with van der Waals surface area (Å²) in [6.07, 6.45) is 9.31. The maximum atomic E-state index is 1.93. The second-order valence-electron chi connectivity index (χ2n) is 4.67. The SMILES string of the molecule is C1[C-]2CC3CC1CC(C2)C3.[Pt]. The van der Waals surface area contributed by atoms with Gasteiger partial charge in [0.15, 0.2) is 0 Å². The van der Waals surface area contributed by atoms with Crippen LogP contribution in [-0.4, -0.2) is 0 Å². The standard InChI is InChI=1S/C10H15.Pt/c1-7-2-9-4-8(1)5-10(3-7)6-9;/h7-9H,1-6H2;/q-1;. The summed E-state index contributed by atoms with van der Waals surface area (Å²) in [5.74, 6) is 5.35. The van der Waals surface area contributed by atoms with Gasteiger partial charge >= 0.3 is 0 Å². The van der Waals surface area contributed by atoms with E-state index in [2.05, 4.69) is 0 Å². The molecule has 0 N–H and O–H groups in total. The van der Waals surface area contributed by atoms with Crippen molar-refractivity contribution in [2.24, 2.45) is 17.8 Å². The van der Waals surface area contributed by atoms with E-state index in [1.807, 2.05) is 5.92 Å². The van der Waals surface area contributed by atoms with Crippen molar-refractivity contribution in [2.75, 3.05) is 0 Å². The van der Waals surface area contributed by atoms with Crippen LogP contribution in [0.2, 0.25) is 0 Å². The van der Waals surface area contributed by atoms with Crippen molar-refractivity contribution in [2.45, 2.75) is 38.5 Å². The molecule has 4 rings (SSSR count). The molecule has 0 aromatic heterocycles. The van der Waals surface area contributed by atoms with Gasteiger partial charge in [-0.15, -0.1) is 0 Å². The second-order valence-corrected chi connectivity index (χ2v) is 4.67. The largest absolute Gasteiger partial charge is 0.313 e. The normalized spacial score (nSPS) is 47.5. The molecule has 4 saturated carbocycles. The van der Waals surface area contributed by atoms with Crippen LogP contribution < -0.4 is 0 Å². The molecule has 1 heteroatoms. The fourth-order valence-electron chi connectivity index (χ4n) is 3.68. The van der Waals surface area contributed by atoms with Gasteiger partial charge in [-0.05, 0) is 0 Å². The molecule has 0 saturated heterocycles. The third-order valence-electron chi connectivity index (χ3n) is 3.73. The molecule has 0 amide bonds. The molecule has 0 heterocycles. The quantitative estimate of drug-likeness (QED) is 0.599. The van der Waals surface area contributed by atoms with E-state index < -0.39 is 0 Å². The van der Waals surface area contributed by atoms with E-state index >= 15 is 0 Å². The summed E-state index contributed by atoms with van der Waals surface area (Å²) in [4.78, 5) is 0. The molecular weight excluding hydrogens is 315 g/mol. The maximum Gasteiger partial charge on any atom is 0 e. The van der Waals surface area contributed by atoms with E-state index in [1.54, 1.807) is 19.3 Å². The van der Waals surface area contributed by atoms with Gasteiger partial charge in [-0.1, -0.05) is 37.0 Å². The van der Waals surface area contributed by atoms with Gasteiger partial charge in [-0.2, -0.15) is 19.3 Å². The zero-order valence-corrected chi connectivity index (χ0v) is 9.06. The van der Waals surface area contributed by atoms with Crippen LogP contribution in [0.5, 0.6) is 0 Å². The molecule has 0 aromatic rings. The fraction of sp³-hybridized carbons (Fsp3) is 0.900. The van der Waals surface area contributed by atoms with Crippen LogP contribution in [0.15, 0.2) is 0 Å². The Morgan fingerprint density at radius 1 is 0.727 bits per heavy atom. The molecule has 0 unspecified atom stereocenters. The molecule has 0 atom stereocenters. The summed E-state index contributed by atoms with van der Waals surface area (Å²) in [5, 5.41) is 0. The van der Waals surface area contributed by atoms with Gasteiger partial charge < -0.3 is 5.92 Å². The topological polar surface area (TPSA) is 0 Å². The molecule has 4 bridgehead atoms. The Bertz CT molecular complexity index is 96.4. The van der Waals surface area contributed by atoms with Gasteiger partial charge in [0.1, 0.15) is 0 Å². The third kappa shape index (κ3) is 1.32. The first-order valence-corrected chi connectivity index (χ1v) is 4.73. The van der Waals surface area contributed by atoms with Crippen LogP contribution >= 0.6 is 0 Å². The minimum atomic E-state index is 0. The summed E-state index contributed by atoms with van der Waals surface area (Å²) in [5.41, 5.74) is 0. The smallest absolute Gasteiger partial charge is 0 e. The van der Waals surface area contributed by atoms with E-state index in [-0.39, 0.29) is 21.1 Å². The molecule has 0 nitrogen and oxygen atoms in total. The molecular formula is C10H15Pt-. The summed E-state index contributed by atoms with van der Waals surface area (Å²) < 4.78 is 0. The van der Waals surface area contributed by atoms with Gasteiger partial charge in [0.05, 0.1) is 0 Å². The Morgan fingerprint density at radius 3 is 1.36 bits per heavy atom. The average Bonchev–Trinajstić information content (AvgIpc) is 1.82. The molecule has 4 aliphatic rings. The minimum absolute atomic E-state index is 0. The van der Waals surface area contributed by atoms with Gasteiger partial charge in [-0.3, -0.25) is 0 Å². The molecule has 66 valence electrons. The van der Waals surface area contributed by atoms with E-state index in [4.69, 9.17) is 0 Å². The molecule has 0 aromatic carbocycles. The minimum Gasteiger partial charge on any atom is -0.313 e. The third-order valence-corrected chi connectivity index (χ3v) is 3.73. The Hall–Kier alpha value is 0.688. The van der Waals surface area contributed by atoms with E-state index in [0.29, 0.717) is 0 Å². The van der Waals surface area contributed by atoms with Gasteiger partial charge in [-0.25, -0.2) is 0 Å². The van der Waals surface area contributed by atoms with Crippen LogP contribution in [0.3, 0.4) is 0 Å². The monoisotopic (exact) mass is 330 g/mol. The van der Waals surface area contributed by atoms with Crippen LogP contribution in [0, 0.1) is 23.7 Å². The maximum absolute atomic E-state index is 1.93.